The monoisotopic (exact) mass is 498 g/mol. The van der Waals surface area contributed by atoms with E-state index in [2.05, 4.69) is 36.4 Å². The first kappa shape index (κ1) is 26.9. The molecule has 0 atom stereocenters. The lowest BCUT2D eigenvalue weighted by Gasteiger charge is -2.27. The van der Waals surface area contributed by atoms with Gasteiger partial charge in [-0.2, -0.15) is 0 Å². The summed E-state index contributed by atoms with van der Waals surface area (Å²) < 4.78 is 10.7. The van der Waals surface area contributed by atoms with E-state index in [4.69, 9.17) is 14.5 Å². The highest BCUT2D eigenvalue weighted by atomic mass is 127. The van der Waals surface area contributed by atoms with Crippen molar-refractivity contribution in [2.24, 2.45) is 10.4 Å². The highest BCUT2D eigenvalue weighted by molar-refractivity contribution is 14.0. The van der Waals surface area contributed by atoms with E-state index in [1.807, 2.05) is 0 Å². The highest BCUT2D eigenvalue weighted by Crippen LogP contribution is 2.41. The van der Waals surface area contributed by atoms with Gasteiger partial charge in [0.25, 0.3) is 0 Å². The average molecular weight is 498 g/mol. The molecule has 0 amide bonds. The van der Waals surface area contributed by atoms with Gasteiger partial charge in [-0.25, -0.2) is 0 Å². The summed E-state index contributed by atoms with van der Waals surface area (Å²) >= 11 is 0. The van der Waals surface area contributed by atoms with Gasteiger partial charge in [0.05, 0.1) is 6.61 Å². The molecule has 1 rings (SSSR count). The van der Waals surface area contributed by atoms with Crippen LogP contribution in [-0.4, -0.2) is 77.6 Å². The summed E-state index contributed by atoms with van der Waals surface area (Å²) in [7, 11) is 3.89. The molecule has 0 saturated heterocycles. The first-order valence-electron chi connectivity index (χ1n) is 10.4. The number of rotatable bonds is 14. The number of hydrogen-bond acceptors (Lipinski definition) is 4. The normalized spacial score (nSPS) is 16.4. The summed E-state index contributed by atoms with van der Waals surface area (Å²) in [5, 5.41) is 6.88. The molecule has 6 nitrogen and oxygen atoms in total. The molecule has 0 aromatic heterocycles. The first-order chi connectivity index (χ1) is 12.7. The largest absolute Gasteiger partial charge is 0.383 e. The molecular formula is C20H43IN4O2. The number of nitrogens with zero attached hydrogens (tertiary/aromatic N) is 2. The predicted molar refractivity (Wildman–Crippen MR) is 125 cm³/mol. The number of halogens is 1. The van der Waals surface area contributed by atoms with Gasteiger partial charge in [0, 0.05) is 46.5 Å². The highest BCUT2D eigenvalue weighted by Gasteiger charge is 2.33. The van der Waals surface area contributed by atoms with Gasteiger partial charge in [-0.15, -0.1) is 24.0 Å². The Morgan fingerprint density at radius 2 is 1.85 bits per heavy atom. The molecule has 0 aromatic carbocycles. The third-order valence-electron chi connectivity index (χ3n) is 5.25. The number of hydrogen-bond donors (Lipinski definition) is 2. The van der Waals surface area contributed by atoms with E-state index in [0.717, 1.165) is 71.3 Å². The number of likely N-dealkylation sites (N-methyl/N-ethyl adjacent to an activating group) is 1. The minimum atomic E-state index is 0. The van der Waals surface area contributed by atoms with E-state index in [0.29, 0.717) is 5.41 Å². The van der Waals surface area contributed by atoms with Crippen molar-refractivity contribution < 1.29 is 9.47 Å². The second-order valence-electron chi connectivity index (χ2n) is 7.43. The molecule has 0 radical (unpaired) electrons. The summed E-state index contributed by atoms with van der Waals surface area (Å²) in [5.41, 5.74) is 0.345. The van der Waals surface area contributed by atoms with Crippen LogP contribution >= 0.6 is 24.0 Å². The maximum atomic E-state index is 5.61. The summed E-state index contributed by atoms with van der Waals surface area (Å²) in [6, 6.07) is 0. The molecule has 0 spiro atoms. The fourth-order valence-corrected chi connectivity index (χ4v) is 3.55. The maximum absolute atomic E-state index is 5.61. The number of guanidine groups is 1. The fraction of sp³-hybridized carbons (Fsp3) is 0.950. The molecule has 2 N–H and O–H groups in total. The lowest BCUT2D eigenvalue weighted by molar-refractivity contribution is 0.107. The molecule has 1 aliphatic carbocycles. The van der Waals surface area contributed by atoms with Crippen LogP contribution in [0.3, 0.4) is 0 Å². The minimum Gasteiger partial charge on any atom is -0.383 e. The Morgan fingerprint density at radius 1 is 1.11 bits per heavy atom. The van der Waals surface area contributed by atoms with E-state index in [9.17, 15) is 0 Å². The minimum absolute atomic E-state index is 0. The van der Waals surface area contributed by atoms with Crippen molar-refractivity contribution in [2.75, 3.05) is 66.7 Å². The summed E-state index contributed by atoms with van der Waals surface area (Å²) in [6.45, 7) is 11.4. The number of ether oxygens (including phenoxy) is 2. The van der Waals surface area contributed by atoms with E-state index in [1.54, 1.807) is 7.11 Å². The van der Waals surface area contributed by atoms with Gasteiger partial charge < -0.3 is 25.0 Å². The Morgan fingerprint density at radius 3 is 2.48 bits per heavy atom. The van der Waals surface area contributed by atoms with Crippen molar-refractivity contribution in [1.82, 2.24) is 15.5 Å². The molecule has 0 bridgehead atoms. The molecule has 0 aromatic rings. The smallest absolute Gasteiger partial charge is 0.191 e. The zero-order valence-corrected chi connectivity index (χ0v) is 20.3. The Kier molecular flexibility index (Phi) is 16.7. The third-order valence-corrected chi connectivity index (χ3v) is 5.25. The molecule has 1 fully saturated rings. The van der Waals surface area contributed by atoms with Gasteiger partial charge in [0.2, 0.25) is 0 Å². The van der Waals surface area contributed by atoms with E-state index >= 15 is 0 Å². The van der Waals surface area contributed by atoms with Crippen LogP contribution in [0.4, 0.5) is 0 Å². The SMILES string of the molecule is CCNC(=NCC1(CCOCC)CCCC1)NCCCN(C)CCOC.I. The van der Waals surface area contributed by atoms with Gasteiger partial charge in [-0.3, -0.25) is 4.99 Å². The van der Waals surface area contributed by atoms with Crippen LogP contribution < -0.4 is 10.6 Å². The lowest BCUT2D eigenvalue weighted by atomic mass is 9.83. The summed E-state index contributed by atoms with van der Waals surface area (Å²) in [4.78, 5) is 7.22. The fourth-order valence-electron chi connectivity index (χ4n) is 3.55. The molecule has 7 heteroatoms. The zero-order valence-electron chi connectivity index (χ0n) is 18.0. The molecular weight excluding hydrogens is 455 g/mol. The van der Waals surface area contributed by atoms with E-state index in [-0.39, 0.29) is 24.0 Å². The molecule has 162 valence electrons. The summed E-state index contributed by atoms with van der Waals surface area (Å²) in [6.07, 6.45) is 7.47. The van der Waals surface area contributed by atoms with E-state index in [1.165, 1.54) is 25.7 Å². The van der Waals surface area contributed by atoms with Crippen LogP contribution in [0.5, 0.6) is 0 Å². The predicted octanol–water partition coefficient (Wildman–Crippen LogP) is 3.11. The standard InChI is InChI=1S/C20H42N4O2.HI/c1-5-21-19(22-13-9-14-24(3)15-17-25-4)23-18-20(10-7-8-11-20)12-16-26-6-2;/h5-18H2,1-4H3,(H2,21,22,23);1H. The Balaban J connectivity index is 0.00000676. The first-order valence-corrected chi connectivity index (χ1v) is 10.4. The van der Waals surface area contributed by atoms with Gasteiger partial charge in [0.15, 0.2) is 5.96 Å². The van der Waals surface area contributed by atoms with Crippen LogP contribution in [0, 0.1) is 5.41 Å². The van der Waals surface area contributed by atoms with Gasteiger partial charge >= 0.3 is 0 Å². The molecule has 27 heavy (non-hydrogen) atoms. The average Bonchev–Trinajstić information content (AvgIpc) is 3.10. The van der Waals surface area contributed by atoms with Gasteiger partial charge in [-0.05, 0) is 58.5 Å². The number of aliphatic imine (C=N–C) groups is 1. The Labute approximate surface area is 184 Å². The lowest BCUT2D eigenvalue weighted by Crippen LogP contribution is -2.39. The molecule has 1 aliphatic rings. The Bertz CT molecular complexity index is 377. The Hall–Kier alpha value is -0.120. The zero-order chi connectivity index (χ0) is 19.1. The quantitative estimate of drug-likeness (QED) is 0.167. The van der Waals surface area contributed by atoms with Crippen molar-refractivity contribution in [2.45, 2.75) is 52.4 Å². The van der Waals surface area contributed by atoms with Crippen LogP contribution in [0.2, 0.25) is 0 Å². The van der Waals surface area contributed by atoms with Crippen LogP contribution in [-0.2, 0) is 9.47 Å². The van der Waals surface area contributed by atoms with Crippen LogP contribution in [0.25, 0.3) is 0 Å². The second kappa shape index (κ2) is 16.8. The number of nitrogens with one attached hydrogen (secondary N) is 2. The molecule has 0 heterocycles. The topological polar surface area (TPSA) is 58.1 Å². The van der Waals surface area contributed by atoms with Crippen molar-refractivity contribution in [1.29, 1.82) is 0 Å². The molecule has 1 saturated carbocycles. The molecule has 0 unspecified atom stereocenters. The van der Waals surface area contributed by atoms with Crippen molar-refractivity contribution in [3.05, 3.63) is 0 Å². The second-order valence-corrected chi connectivity index (χ2v) is 7.43. The number of methoxy groups -OCH3 is 1. The maximum Gasteiger partial charge on any atom is 0.191 e. The third kappa shape index (κ3) is 12.1. The van der Waals surface area contributed by atoms with E-state index < -0.39 is 0 Å². The summed E-state index contributed by atoms with van der Waals surface area (Å²) in [5.74, 6) is 0.953. The van der Waals surface area contributed by atoms with Gasteiger partial charge in [0.1, 0.15) is 0 Å². The van der Waals surface area contributed by atoms with Crippen LogP contribution in [0.15, 0.2) is 4.99 Å². The van der Waals surface area contributed by atoms with Crippen molar-refractivity contribution in [3.8, 4) is 0 Å². The van der Waals surface area contributed by atoms with Gasteiger partial charge in [-0.1, -0.05) is 12.8 Å². The van der Waals surface area contributed by atoms with Crippen molar-refractivity contribution in [3.63, 3.8) is 0 Å². The van der Waals surface area contributed by atoms with Crippen molar-refractivity contribution >= 4 is 29.9 Å². The molecule has 0 aliphatic heterocycles. The van der Waals surface area contributed by atoms with Crippen LogP contribution in [0.1, 0.15) is 52.4 Å².